The quantitative estimate of drug-likeness (QED) is 0.225. The number of nitrogens with zero attached hydrogens (tertiary/aromatic N) is 2. The van der Waals surface area contributed by atoms with E-state index in [1.807, 2.05) is 35.8 Å². The van der Waals surface area contributed by atoms with Gasteiger partial charge in [-0.25, -0.2) is 9.78 Å². The molecule has 1 aromatic heterocycles. The standard InChI is InChI=1S/C29H28N2O5/c1-4-5-10-26-30-24-14-11-19(27(32)18(3)28(33)34)16-25(24)31(26)20-12-13-21(17(2)15-20)22-8-6-7-9-23(22)29(35)36/h6-9,11-16,18H,4-5,10H2,1-3H3,(H,33,34)(H,35,36). The fourth-order valence-electron chi connectivity index (χ4n) is 4.42. The number of carboxylic acids is 2. The largest absolute Gasteiger partial charge is 0.481 e. The van der Waals surface area contributed by atoms with E-state index < -0.39 is 23.6 Å². The van der Waals surface area contributed by atoms with Crippen LogP contribution < -0.4 is 0 Å². The molecule has 1 atom stereocenters. The second-order valence-corrected chi connectivity index (χ2v) is 8.94. The minimum absolute atomic E-state index is 0.237. The molecule has 3 aromatic carbocycles. The van der Waals surface area contributed by atoms with Crippen molar-refractivity contribution in [3.8, 4) is 16.8 Å². The van der Waals surface area contributed by atoms with Gasteiger partial charge in [0.2, 0.25) is 0 Å². The van der Waals surface area contributed by atoms with Crippen molar-refractivity contribution in [1.29, 1.82) is 0 Å². The Hall–Kier alpha value is -4.26. The lowest BCUT2D eigenvalue weighted by Gasteiger charge is -2.14. The first-order chi connectivity index (χ1) is 17.2. The molecular weight excluding hydrogens is 456 g/mol. The summed E-state index contributed by atoms with van der Waals surface area (Å²) in [6, 6.07) is 17.8. The third kappa shape index (κ3) is 4.64. The number of hydrogen-bond acceptors (Lipinski definition) is 4. The van der Waals surface area contributed by atoms with Crippen LogP contribution in [-0.2, 0) is 11.2 Å². The molecule has 0 saturated heterocycles. The molecule has 0 aliphatic heterocycles. The molecule has 0 amide bonds. The molecule has 0 aliphatic carbocycles. The van der Waals surface area contributed by atoms with E-state index in [0.29, 0.717) is 11.1 Å². The van der Waals surface area contributed by atoms with Crippen LogP contribution in [0.1, 0.15) is 58.8 Å². The normalized spacial score (nSPS) is 12.0. The fourth-order valence-corrected chi connectivity index (χ4v) is 4.42. The van der Waals surface area contributed by atoms with Gasteiger partial charge in [0.05, 0.1) is 16.6 Å². The summed E-state index contributed by atoms with van der Waals surface area (Å²) in [6.45, 7) is 5.43. The van der Waals surface area contributed by atoms with Gasteiger partial charge in [-0.3, -0.25) is 14.2 Å². The Morgan fingerprint density at radius 3 is 2.39 bits per heavy atom. The van der Waals surface area contributed by atoms with E-state index in [2.05, 4.69) is 6.92 Å². The Morgan fingerprint density at radius 2 is 1.72 bits per heavy atom. The summed E-state index contributed by atoms with van der Waals surface area (Å²) >= 11 is 0. The van der Waals surface area contributed by atoms with Gasteiger partial charge in [-0.2, -0.15) is 0 Å². The molecule has 0 bridgehead atoms. The molecule has 7 nitrogen and oxygen atoms in total. The predicted molar refractivity (Wildman–Crippen MR) is 138 cm³/mol. The molecule has 36 heavy (non-hydrogen) atoms. The van der Waals surface area contributed by atoms with Crippen LogP contribution in [0.2, 0.25) is 0 Å². The van der Waals surface area contributed by atoms with Crippen molar-refractivity contribution in [1.82, 2.24) is 9.55 Å². The van der Waals surface area contributed by atoms with Crippen LogP contribution in [0.3, 0.4) is 0 Å². The van der Waals surface area contributed by atoms with Gasteiger partial charge in [-0.1, -0.05) is 37.6 Å². The minimum Gasteiger partial charge on any atom is -0.481 e. The monoisotopic (exact) mass is 484 g/mol. The van der Waals surface area contributed by atoms with E-state index in [1.165, 1.54) is 6.92 Å². The number of aliphatic carboxylic acids is 1. The Balaban J connectivity index is 1.87. The number of fused-ring (bicyclic) bond motifs is 1. The first-order valence-corrected chi connectivity index (χ1v) is 11.9. The van der Waals surface area contributed by atoms with E-state index in [9.17, 15) is 24.6 Å². The summed E-state index contributed by atoms with van der Waals surface area (Å²) < 4.78 is 2.01. The highest BCUT2D eigenvalue weighted by Gasteiger charge is 2.23. The average molecular weight is 485 g/mol. The van der Waals surface area contributed by atoms with Crippen molar-refractivity contribution in [2.24, 2.45) is 5.92 Å². The number of benzene rings is 3. The summed E-state index contributed by atoms with van der Waals surface area (Å²) in [5.74, 6) is -2.89. The zero-order chi connectivity index (χ0) is 26.0. The molecule has 0 saturated carbocycles. The summed E-state index contributed by atoms with van der Waals surface area (Å²) in [5, 5.41) is 18.9. The highest BCUT2D eigenvalue weighted by molar-refractivity contribution is 6.09. The number of carbonyl (C=O) groups is 3. The molecule has 184 valence electrons. The lowest BCUT2D eigenvalue weighted by Crippen LogP contribution is -2.20. The maximum absolute atomic E-state index is 12.7. The molecule has 4 aromatic rings. The summed E-state index contributed by atoms with van der Waals surface area (Å²) in [4.78, 5) is 40.7. The number of imidazole rings is 1. The van der Waals surface area contributed by atoms with Crippen LogP contribution in [0.25, 0.3) is 27.8 Å². The molecular formula is C29H28N2O5. The Morgan fingerprint density at radius 1 is 0.972 bits per heavy atom. The Labute approximate surface area is 209 Å². The number of Topliss-reactive ketones (excluding diaryl/α,β-unsaturated/α-hetero) is 1. The lowest BCUT2D eigenvalue weighted by molar-refractivity contribution is -0.139. The van der Waals surface area contributed by atoms with Gasteiger partial charge in [-0.05, 0) is 73.4 Å². The average Bonchev–Trinajstić information content (AvgIpc) is 3.23. The second-order valence-electron chi connectivity index (χ2n) is 8.94. The summed E-state index contributed by atoms with van der Waals surface area (Å²) in [6.07, 6.45) is 2.67. The van der Waals surface area contributed by atoms with Crippen molar-refractivity contribution in [3.05, 3.63) is 83.2 Å². The SMILES string of the molecule is CCCCc1nc2ccc(C(=O)C(C)C(=O)O)cc2n1-c1ccc(-c2ccccc2C(=O)O)c(C)c1. The van der Waals surface area contributed by atoms with Crippen molar-refractivity contribution in [2.75, 3.05) is 0 Å². The van der Waals surface area contributed by atoms with E-state index in [-0.39, 0.29) is 5.56 Å². The van der Waals surface area contributed by atoms with Gasteiger partial charge in [0.15, 0.2) is 5.78 Å². The first-order valence-electron chi connectivity index (χ1n) is 11.9. The van der Waals surface area contributed by atoms with Crippen LogP contribution in [0.15, 0.2) is 60.7 Å². The number of carboxylic acid groups (broad SMARTS) is 2. The number of hydrogen-bond donors (Lipinski definition) is 2. The number of carbonyl (C=O) groups excluding carboxylic acids is 1. The van der Waals surface area contributed by atoms with Crippen LogP contribution in [0.4, 0.5) is 0 Å². The fraction of sp³-hybridized carbons (Fsp3) is 0.241. The molecule has 1 heterocycles. The summed E-state index contributed by atoms with van der Waals surface area (Å²) in [5.41, 5.74) is 5.21. The predicted octanol–water partition coefficient (Wildman–Crippen LogP) is 5.95. The third-order valence-corrected chi connectivity index (χ3v) is 6.44. The highest BCUT2D eigenvalue weighted by atomic mass is 16.4. The Bertz CT molecular complexity index is 1480. The number of aromatic nitrogens is 2. The van der Waals surface area contributed by atoms with Gasteiger partial charge < -0.3 is 10.2 Å². The first kappa shape index (κ1) is 24.9. The molecule has 0 spiro atoms. The van der Waals surface area contributed by atoms with Crippen LogP contribution in [-0.4, -0.2) is 37.5 Å². The molecule has 0 fully saturated rings. The molecule has 1 unspecified atom stereocenters. The number of rotatable bonds is 9. The highest BCUT2D eigenvalue weighted by Crippen LogP contribution is 2.31. The van der Waals surface area contributed by atoms with Crippen LogP contribution >= 0.6 is 0 Å². The zero-order valence-corrected chi connectivity index (χ0v) is 20.5. The van der Waals surface area contributed by atoms with E-state index in [4.69, 9.17) is 4.98 Å². The van der Waals surface area contributed by atoms with Crippen molar-refractivity contribution in [3.63, 3.8) is 0 Å². The topological polar surface area (TPSA) is 109 Å². The van der Waals surface area contributed by atoms with Gasteiger partial charge in [0.25, 0.3) is 0 Å². The minimum atomic E-state index is -1.16. The molecule has 4 rings (SSSR count). The van der Waals surface area contributed by atoms with Crippen molar-refractivity contribution < 1.29 is 24.6 Å². The van der Waals surface area contributed by atoms with Gasteiger partial charge in [0, 0.05) is 17.7 Å². The van der Waals surface area contributed by atoms with Gasteiger partial charge >= 0.3 is 11.9 Å². The van der Waals surface area contributed by atoms with Crippen LogP contribution in [0, 0.1) is 12.8 Å². The number of unbranched alkanes of at least 4 members (excludes halogenated alkanes) is 1. The van der Waals surface area contributed by atoms with E-state index in [1.54, 1.807) is 36.4 Å². The molecule has 2 N–H and O–H groups in total. The maximum atomic E-state index is 12.7. The smallest absolute Gasteiger partial charge is 0.336 e. The molecule has 0 aliphatic rings. The van der Waals surface area contributed by atoms with Gasteiger partial charge in [0.1, 0.15) is 11.7 Å². The van der Waals surface area contributed by atoms with E-state index >= 15 is 0 Å². The summed E-state index contributed by atoms with van der Waals surface area (Å²) in [7, 11) is 0. The number of ketones is 1. The Kier molecular flexibility index (Phi) is 7.01. The van der Waals surface area contributed by atoms with Crippen LogP contribution in [0.5, 0.6) is 0 Å². The maximum Gasteiger partial charge on any atom is 0.336 e. The molecule has 7 heteroatoms. The van der Waals surface area contributed by atoms with Crippen molar-refractivity contribution >= 4 is 28.8 Å². The van der Waals surface area contributed by atoms with E-state index in [0.717, 1.165) is 52.9 Å². The lowest BCUT2D eigenvalue weighted by atomic mass is 9.95. The second kappa shape index (κ2) is 10.2. The zero-order valence-electron chi connectivity index (χ0n) is 20.5. The molecule has 0 radical (unpaired) electrons. The van der Waals surface area contributed by atoms with Crippen molar-refractivity contribution in [2.45, 2.75) is 40.0 Å². The number of aromatic carboxylic acids is 1. The third-order valence-electron chi connectivity index (χ3n) is 6.44. The van der Waals surface area contributed by atoms with Gasteiger partial charge in [-0.15, -0.1) is 0 Å². The number of aryl methyl sites for hydroxylation is 2.